The summed E-state index contributed by atoms with van der Waals surface area (Å²) in [5.41, 5.74) is 1.13. The number of piperidine rings is 1. The third-order valence-electron chi connectivity index (χ3n) is 4.61. The summed E-state index contributed by atoms with van der Waals surface area (Å²) in [6, 6.07) is 5.56. The molecule has 3 aromatic heterocycles. The van der Waals surface area contributed by atoms with Crippen LogP contribution in [0.25, 0.3) is 10.6 Å². The van der Waals surface area contributed by atoms with E-state index in [2.05, 4.69) is 15.3 Å². The van der Waals surface area contributed by atoms with Gasteiger partial charge in [-0.15, -0.1) is 21.5 Å². The number of carbonyl (C=O) groups is 1. The average Bonchev–Trinajstić information content (AvgIpc) is 3.40. The summed E-state index contributed by atoms with van der Waals surface area (Å²) in [7, 11) is 1.69. The number of hydrogen-bond donors (Lipinski definition) is 0. The number of carbonyl (C=O) groups excluding carboxylic acids is 1. The highest BCUT2D eigenvalue weighted by molar-refractivity contribution is 7.13. The molecule has 3 aromatic rings. The molecule has 1 atom stereocenters. The van der Waals surface area contributed by atoms with Gasteiger partial charge in [0, 0.05) is 20.1 Å². The first kappa shape index (κ1) is 18.7. The summed E-state index contributed by atoms with van der Waals surface area (Å²) >= 11 is 1.53. The highest BCUT2D eigenvalue weighted by Gasteiger charge is 2.39. The summed E-state index contributed by atoms with van der Waals surface area (Å²) in [5.74, 6) is -2.10. The van der Waals surface area contributed by atoms with E-state index in [1.807, 2.05) is 17.5 Å². The number of amides is 1. The van der Waals surface area contributed by atoms with E-state index in [1.165, 1.54) is 16.0 Å². The second-order valence-electron chi connectivity index (χ2n) is 6.55. The van der Waals surface area contributed by atoms with Gasteiger partial charge in [-0.05, 0) is 30.4 Å². The van der Waals surface area contributed by atoms with Crippen LogP contribution in [0.2, 0.25) is 0 Å². The fourth-order valence-electron chi connectivity index (χ4n) is 3.25. The summed E-state index contributed by atoms with van der Waals surface area (Å²) in [5, 5.41) is 12.9. The number of hydrogen-bond acceptors (Lipinski definition) is 6. The topological polar surface area (TPSA) is 77.1 Å². The predicted octanol–water partition coefficient (Wildman–Crippen LogP) is 3.57. The molecule has 4 heterocycles. The number of likely N-dealkylation sites (tertiary alicyclic amines) is 1. The van der Waals surface area contributed by atoms with Crippen molar-refractivity contribution in [3.8, 4) is 10.6 Å². The van der Waals surface area contributed by atoms with Gasteiger partial charge in [-0.25, -0.2) is 0 Å². The largest absolute Gasteiger partial charge is 0.470 e. The van der Waals surface area contributed by atoms with Crippen molar-refractivity contribution in [1.29, 1.82) is 0 Å². The van der Waals surface area contributed by atoms with E-state index in [0.717, 1.165) is 4.88 Å². The van der Waals surface area contributed by atoms with Gasteiger partial charge in [0.1, 0.15) is 11.4 Å². The summed E-state index contributed by atoms with van der Waals surface area (Å²) in [6.07, 6.45) is -3.47. The van der Waals surface area contributed by atoms with Gasteiger partial charge in [-0.1, -0.05) is 6.07 Å². The fourth-order valence-corrected chi connectivity index (χ4v) is 3.93. The van der Waals surface area contributed by atoms with Crippen molar-refractivity contribution in [3.63, 3.8) is 0 Å². The second-order valence-corrected chi connectivity index (χ2v) is 7.50. The van der Waals surface area contributed by atoms with E-state index in [1.54, 1.807) is 18.0 Å². The van der Waals surface area contributed by atoms with Gasteiger partial charge in [0.2, 0.25) is 5.89 Å². The number of aromatic nitrogens is 4. The van der Waals surface area contributed by atoms with E-state index in [4.69, 9.17) is 4.42 Å². The van der Waals surface area contributed by atoms with E-state index in [0.29, 0.717) is 30.8 Å². The molecule has 1 fully saturated rings. The Hall–Kier alpha value is -2.69. The summed E-state index contributed by atoms with van der Waals surface area (Å²) < 4.78 is 44.4. The van der Waals surface area contributed by atoms with Gasteiger partial charge in [0.15, 0.2) is 0 Å². The first-order valence-corrected chi connectivity index (χ1v) is 9.48. The van der Waals surface area contributed by atoms with Crippen molar-refractivity contribution in [2.45, 2.75) is 24.9 Å². The van der Waals surface area contributed by atoms with Crippen LogP contribution in [-0.4, -0.2) is 43.9 Å². The van der Waals surface area contributed by atoms with Crippen LogP contribution in [0.4, 0.5) is 13.2 Å². The normalized spacial score (nSPS) is 17.9. The smallest absolute Gasteiger partial charge is 0.417 e. The summed E-state index contributed by atoms with van der Waals surface area (Å²) in [6.45, 7) is 0.729. The maximum absolute atomic E-state index is 13.0. The molecule has 0 N–H and O–H groups in total. The van der Waals surface area contributed by atoms with Gasteiger partial charge in [-0.2, -0.15) is 18.3 Å². The quantitative estimate of drug-likeness (QED) is 0.659. The van der Waals surface area contributed by atoms with Crippen LogP contribution in [-0.2, 0) is 13.2 Å². The molecule has 0 aromatic carbocycles. The molecule has 0 bridgehead atoms. The molecule has 1 aliphatic rings. The van der Waals surface area contributed by atoms with Crippen LogP contribution in [0.3, 0.4) is 0 Å². The van der Waals surface area contributed by atoms with Crippen LogP contribution >= 0.6 is 11.3 Å². The molecule has 7 nitrogen and oxygen atoms in total. The minimum absolute atomic E-state index is 0.0888. The Labute approximate surface area is 161 Å². The lowest BCUT2D eigenvalue weighted by Crippen LogP contribution is -2.40. The van der Waals surface area contributed by atoms with Crippen LogP contribution < -0.4 is 0 Å². The van der Waals surface area contributed by atoms with Crippen LogP contribution in [0.1, 0.15) is 41.0 Å². The van der Waals surface area contributed by atoms with Crippen LogP contribution in [0.15, 0.2) is 28.0 Å². The molecule has 1 saturated heterocycles. The zero-order chi connectivity index (χ0) is 19.9. The van der Waals surface area contributed by atoms with Gasteiger partial charge in [0.25, 0.3) is 5.91 Å². The minimum atomic E-state index is -4.68. The molecular formula is C17H16F3N5O2S. The molecule has 0 unspecified atom stereocenters. The second kappa shape index (κ2) is 7.04. The number of thiophene rings is 1. The monoisotopic (exact) mass is 411 g/mol. The number of nitrogens with zero attached hydrogens (tertiary/aromatic N) is 5. The van der Waals surface area contributed by atoms with E-state index in [9.17, 15) is 18.0 Å². The van der Waals surface area contributed by atoms with Crippen molar-refractivity contribution >= 4 is 17.2 Å². The average molecular weight is 411 g/mol. The molecule has 1 aliphatic heterocycles. The van der Waals surface area contributed by atoms with Crippen molar-refractivity contribution in [3.05, 3.63) is 41.1 Å². The minimum Gasteiger partial charge on any atom is -0.417 e. The molecule has 11 heteroatoms. The molecule has 1 amide bonds. The third kappa shape index (κ3) is 3.53. The highest BCUT2D eigenvalue weighted by atomic mass is 32.1. The molecule has 0 spiro atoms. The Morgan fingerprint density at radius 2 is 2.18 bits per heavy atom. The van der Waals surface area contributed by atoms with Gasteiger partial charge < -0.3 is 9.32 Å². The van der Waals surface area contributed by atoms with Crippen molar-refractivity contribution in [2.24, 2.45) is 7.05 Å². The Kier molecular flexibility index (Phi) is 4.69. The molecule has 0 radical (unpaired) electrons. The Morgan fingerprint density at radius 3 is 2.86 bits per heavy atom. The first-order chi connectivity index (χ1) is 13.3. The first-order valence-electron chi connectivity index (χ1n) is 8.60. The zero-order valence-corrected chi connectivity index (χ0v) is 15.6. The van der Waals surface area contributed by atoms with Gasteiger partial charge in [0.05, 0.1) is 10.8 Å². The number of alkyl halides is 3. The van der Waals surface area contributed by atoms with Crippen molar-refractivity contribution in [1.82, 2.24) is 24.9 Å². The standard InChI is InChI=1S/C17H16F3N5O2S/c1-24-12(8-11(23-24)13-5-3-7-28-13)15(26)25-6-2-4-10(9-25)14-21-22-16(27-14)17(18,19)20/h3,5,7-8,10H,2,4,6,9H2,1H3/t10-/m0/s1. The zero-order valence-electron chi connectivity index (χ0n) is 14.8. The lowest BCUT2D eigenvalue weighted by molar-refractivity contribution is -0.157. The maximum Gasteiger partial charge on any atom is 0.470 e. The van der Waals surface area contributed by atoms with Crippen molar-refractivity contribution < 1.29 is 22.4 Å². The fraction of sp³-hybridized carbons (Fsp3) is 0.412. The van der Waals surface area contributed by atoms with Crippen molar-refractivity contribution in [2.75, 3.05) is 13.1 Å². The Balaban J connectivity index is 1.52. The number of halogens is 3. The van der Waals surface area contributed by atoms with Crippen LogP contribution in [0.5, 0.6) is 0 Å². The van der Waals surface area contributed by atoms with Gasteiger partial charge in [-0.3, -0.25) is 9.48 Å². The SMILES string of the molecule is Cn1nc(-c2cccs2)cc1C(=O)N1CCC[C@H](c2nnc(C(F)(F)F)o2)C1. The van der Waals surface area contributed by atoms with Gasteiger partial charge >= 0.3 is 12.1 Å². The molecule has 0 saturated carbocycles. The number of rotatable bonds is 3. The lowest BCUT2D eigenvalue weighted by atomic mass is 9.98. The third-order valence-corrected chi connectivity index (χ3v) is 5.51. The molecular weight excluding hydrogens is 395 g/mol. The van der Waals surface area contributed by atoms with E-state index < -0.39 is 18.0 Å². The highest BCUT2D eigenvalue weighted by Crippen LogP contribution is 2.32. The lowest BCUT2D eigenvalue weighted by Gasteiger charge is -2.31. The Morgan fingerprint density at radius 1 is 1.36 bits per heavy atom. The molecule has 0 aliphatic carbocycles. The predicted molar refractivity (Wildman–Crippen MR) is 93.7 cm³/mol. The van der Waals surface area contributed by atoms with E-state index in [-0.39, 0.29) is 18.3 Å². The Bertz CT molecular complexity index is 979. The molecule has 4 rings (SSSR count). The van der Waals surface area contributed by atoms with E-state index >= 15 is 0 Å². The molecule has 148 valence electrons. The molecule has 28 heavy (non-hydrogen) atoms. The number of aryl methyl sites for hydroxylation is 1. The van der Waals surface area contributed by atoms with Crippen LogP contribution in [0, 0.1) is 0 Å². The maximum atomic E-state index is 13.0. The summed E-state index contributed by atoms with van der Waals surface area (Å²) in [4.78, 5) is 15.5.